The molecule has 1 aliphatic heterocycles. The van der Waals surface area contributed by atoms with Crippen molar-refractivity contribution in [2.45, 2.75) is 32.5 Å². The third kappa shape index (κ3) is 2.33. The van der Waals surface area contributed by atoms with Gasteiger partial charge in [-0.25, -0.2) is 0 Å². The summed E-state index contributed by atoms with van der Waals surface area (Å²) in [5.41, 5.74) is 0. The highest BCUT2D eigenvalue weighted by Crippen LogP contribution is 2.13. The normalized spacial score (nSPS) is 28.3. The van der Waals surface area contributed by atoms with Crippen LogP contribution >= 0.6 is 0 Å². The number of rotatable bonds is 2. The molecule has 1 unspecified atom stereocenters. The molecule has 0 aromatic carbocycles. The summed E-state index contributed by atoms with van der Waals surface area (Å²) < 4.78 is 10.4. The molecular weight excluding hydrogens is 116 g/mol. The fourth-order valence-corrected chi connectivity index (χ4v) is 0.970. The second-order valence-corrected chi connectivity index (χ2v) is 2.17. The highest BCUT2D eigenvalue weighted by Gasteiger charge is 2.12. The van der Waals surface area contributed by atoms with E-state index in [1.165, 1.54) is 12.8 Å². The first-order valence-electron chi connectivity index (χ1n) is 3.48. The molecule has 1 radical (unpaired) electrons. The molecule has 0 aliphatic carbocycles. The van der Waals surface area contributed by atoms with Crippen molar-refractivity contribution in [1.82, 2.24) is 0 Å². The van der Waals surface area contributed by atoms with Crippen molar-refractivity contribution in [3.05, 3.63) is 6.61 Å². The lowest BCUT2D eigenvalue weighted by atomic mass is 10.2. The van der Waals surface area contributed by atoms with Gasteiger partial charge in [0.15, 0.2) is 6.29 Å². The first-order chi connectivity index (χ1) is 4.43. The molecule has 1 saturated heterocycles. The molecule has 0 N–H and O–H groups in total. The van der Waals surface area contributed by atoms with E-state index in [0.29, 0.717) is 0 Å². The summed E-state index contributed by atoms with van der Waals surface area (Å²) in [6, 6.07) is 0. The van der Waals surface area contributed by atoms with Gasteiger partial charge in [-0.2, -0.15) is 0 Å². The first kappa shape index (κ1) is 7.03. The predicted octanol–water partition coefficient (Wildman–Crippen LogP) is 1.71. The van der Waals surface area contributed by atoms with Gasteiger partial charge < -0.3 is 9.47 Å². The van der Waals surface area contributed by atoms with Crippen molar-refractivity contribution in [2.75, 3.05) is 6.61 Å². The van der Waals surface area contributed by atoms with E-state index in [4.69, 9.17) is 9.47 Å². The highest BCUT2D eigenvalue weighted by atomic mass is 16.7. The highest BCUT2D eigenvalue weighted by molar-refractivity contribution is 4.54. The number of ether oxygens (including phenoxy) is 2. The van der Waals surface area contributed by atoms with Crippen LogP contribution < -0.4 is 0 Å². The first-order valence-corrected chi connectivity index (χ1v) is 3.48. The Bertz CT molecular complexity index is 64.6. The van der Waals surface area contributed by atoms with E-state index in [9.17, 15) is 0 Å². The molecule has 2 heteroatoms. The van der Waals surface area contributed by atoms with Gasteiger partial charge in [0.05, 0.1) is 6.61 Å². The summed E-state index contributed by atoms with van der Waals surface area (Å²) in [7, 11) is 0. The molecule has 1 atom stereocenters. The minimum Gasteiger partial charge on any atom is -0.353 e. The van der Waals surface area contributed by atoms with Crippen molar-refractivity contribution in [3.8, 4) is 0 Å². The average Bonchev–Trinajstić information content (AvgIpc) is 1.91. The van der Waals surface area contributed by atoms with Gasteiger partial charge >= 0.3 is 0 Å². The lowest BCUT2D eigenvalue weighted by molar-refractivity contribution is -0.141. The molecule has 2 nitrogen and oxygen atoms in total. The van der Waals surface area contributed by atoms with Crippen molar-refractivity contribution in [2.24, 2.45) is 0 Å². The minimum atomic E-state index is 0.0451. The summed E-state index contributed by atoms with van der Waals surface area (Å²) in [6.07, 6.45) is 3.51. The van der Waals surface area contributed by atoms with Crippen LogP contribution in [-0.4, -0.2) is 12.9 Å². The second-order valence-electron chi connectivity index (χ2n) is 2.17. The Morgan fingerprint density at radius 1 is 1.56 bits per heavy atom. The lowest BCUT2D eigenvalue weighted by Gasteiger charge is -2.21. The van der Waals surface area contributed by atoms with Crippen molar-refractivity contribution < 1.29 is 9.47 Å². The van der Waals surface area contributed by atoms with Crippen LogP contribution in [0.4, 0.5) is 0 Å². The maximum Gasteiger partial charge on any atom is 0.158 e. The fourth-order valence-electron chi connectivity index (χ4n) is 0.970. The zero-order valence-electron chi connectivity index (χ0n) is 5.80. The topological polar surface area (TPSA) is 18.5 Å². The van der Waals surface area contributed by atoms with E-state index < -0.39 is 0 Å². The van der Waals surface area contributed by atoms with Gasteiger partial charge in [-0.1, -0.05) is 0 Å². The summed E-state index contributed by atoms with van der Waals surface area (Å²) in [4.78, 5) is 0. The minimum absolute atomic E-state index is 0.0451. The van der Waals surface area contributed by atoms with Crippen LogP contribution in [0.1, 0.15) is 26.2 Å². The molecule has 1 aliphatic rings. The molecule has 0 bridgehead atoms. The Balaban J connectivity index is 2.08. The van der Waals surface area contributed by atoms with E-state index in [1.54, 1.807) is 6.61 Å². The van der Waals surface area contributed by atoms with Gasteiger partial charge in [0.25, 0.3) is 0 Å². The Morgan fingerprint density at radius 3 is 3.00 bits per heavy atom. The standard InChI is InChI=1S/C7H13O2/c1-2-8-7-5-3-4-6-9-7/h2,7H,3-6H2,1H3. The van der Waals surface area contributed by atoms with Crippen LogP contribution in [0, 0.1) is 6.61 Å². The fraction of sp³-hybridized carbons (Fsp3) is 0.857. The van der Waals surface area contributed by atoms with E-state index in [1.807, 2.05) is 6.92 Å². The second kappa shape index (κ2) is 3.85. The van der Waals surface area contributed by atoms with E-state index >= 15 is 0 Å². The monoisotopic (exact) mass is 129 g/mol. The van der Waals surface area contributed by atoms with Gasteiger partial charge in [0, 0.05) is 6.61 Å². The zero-order valence-corrected chi connectivity index (χ0v) is 5.80. The van der Waals surface area contributed by atoms with Gasteiger partial charge in [0.1, 0.15) is 0 Å². The predicted molar refractivity (Wildman–Crippen MR) is 34.6 cm³/mol. The largest absolute Gasteiger partial charge is 0.353 e. The number of hydrogen-bond acceptors (Lipinski definition) is 2. The lowest BCUT2D eigenvalue weighted by Crippen LogP contribution is -2.20. The van der Waals surface area contributed by atoms with Crippen molar-refractivity contribution >= 4 is 0 Å². The maximum atomic E-state index is 5.26. The Hall–Kier alpha value is -0.0800. The molecule has 0 aromatic rings. The van der Waals surface area contributed by atoms with Gasteiger partial charge in [0.2, 0.25) is 0 Å². The molecule has 9 heavy (non-hydrogen) atoms. The van der Waals surface area contributed by atoms with Gasteiger partial charge in [-0.05, 0) is 26.2 Å². The molecule has 1 fully saturated rings. The molecular formula is C7H13O2. The zero-order chi connectivity index (χ0) is 6.53. The van der Waals surface area contributed by atoms with Crippen molar-refractivity contribution in [1.29, 1.82) is 0 Å². The van der Waals surface area contributed by atoms with Crippen LogP contribution in [0.15, 0.2) is 0 Å². The van der Waals surface area contributed by atoms with Crippen LogP contribution in [0.3, 0.4) is 0 Å². The van der Waals surface area contributed by atoms with Gasteiger partial charge in [-0.3, -0.25) is 0 Å². The SMILES string of the molecule is C[CH]OC1CCCCO1. The average molecular weight is 129 g/mol. The smallest absolute Gasteiger partial charge is 0.158 e. The quantitative estimate of drug-likeness (QED) is 0.565. The Morgan fingerprint density at radius 2 is 2.44 bits per heavy atom. The molecule has 1 rings (SSSR count). The third-order valence-electron chi connectivity index (χ3n) is 1.43. The van der Waals surface area contributed by atoms with Crippen LogP contribution in [0.2, 0.25) is 0 Å². The number of hydrogen-bond donors (Lipinski definition) is 0. The molecule has 0 amide bonds. The molecule has 0 saturated carbocycles. The van der Waals surface area contributed by atoms with Crippen LogP contribution in [0.25, 0.3) is 0 Å². The molecule has 1 heterocycles. The molecule has 0 aromatic heterocycles. The van der Waals surface area contributed by atoms with Crippen molar-refractivity contribution in [3.63, 3.8) is 0 Å². The van der Waals surface area contributed by atoms with Crippen LogP contribution in [0.5, 0.6) is 0 Å². The summed E-state index contributed by atoms with van der Waals surface area (Å²) >= 11 is 0. The maximum absolute atomic E-state index is 5.26. The van der Waals surface area contributed by atoms with E-state index in [-0.39, 0.29) is 6.29 Å². The molecule has 53 valence electrons. The van der Waals surface area contributed by atoms with E-state index in [0.717, 1.165) is 13.0 Å². The third-order valence-corrected chi connectivity index (χ3v) is 1.43. The summed E-state index contributed by atoms with van der Waals surface area (Å²) in [6.45, 7) is 4.42. The Labute approximate surface area is 56.2 Å². The molecule has 0 spiro atoms. The summed E-state index contributed by atoms with van der Waals surface area (Å²) in [5.74, 6) is 0. The Kier molecular flexibility index (Phi) is 3.01. The van der Waals surface area contributed by atoms with Gasteiger partial charge in [-0.15, -0.1) is 0 Å². The summed E-state index contributed by atoms with van der Waals surface area (Å²) in [5, 5.41) is 0. The van der Waals surface area contributed by atoms with E-state index in [2.05, 4.69) is 0 Å². The van der Waals surface area contributed by atoms with Crippen LogP contribution in [-0.2, 0) is 9.47 Å².